The molecule has 9 heteroatoms. The van der Waals surface area contributed by atoms with Crippen LogP contribution in [-0.2, 0) is 19.8 Å². The predicted octanol–water partition coefficient (Wildman–Crippen LogP) is -0.904. The molecule has 19 heavy (non-hydrogen) atoms. The van der Waals surface area contributed by atoms with Crippen molar-refractivity contribution in [3.05, 3.63) is 0 Å². The van der Waals surface area contributed by atoms with E-state index >= 15 is 0 Å². The fourth-order valence-corrected chi connectivity index (χ4v) is 2.29. The molecule has 0 aromatic carbocycles. The number of nitrogens with one attached hydrogen (secondary N) is 1. The van der Waals surface area contributed by atoms with Gasteiger partial charge >= 0.3 is 5.97 Å². The largest absolute Gasteiger partial charge is 0.481 e. The molecule has 2 N–H and O–H groups in total. The molecule has 1 amide bonds. The van der Waals surface area contributed by atoms with Crippen LogP contribution in [0.1, 0.15) is 19.8 Å². The molecule has 112 valence electrons. The average Bonchev–Trinajstić information content (AvgIpc) is 2.32. The fourth-order valence-electron chi connectivity index (χ4n) is 1.21. The number of aliphatic carboxylic acids is 1. The first-order valence-corrected chi connectivity index (χ1v) is 7.27. The predicted molar refractivity (Wildman–Crippen MR) is 69.7 cm³/mol. The van der Waals surface area contributed by atoms with Gasteiger partial charge in [-0.15, -0.1) is 0 Å². The second-order valence-electron chi connectivity index (χ2n) is 4.08. The lowest BCUT2D eigenvalue weighted by molar-refractivity contribution is -0.137. The lowest BCUT2D eigenvalue weighted by atomic mass is 10.4. The molecule has 0 unspecified atom stereocenters. The van der Waals surface area contributed by atoms with Gasteiger partial charge in [0, 0.05) is 27.2 Å². The standard InChI is InChI=1S/C10H21N3O5S/c1-4-6-11-9(14)8-13(3)19(17,18)12(2)7-5-10(15)16/h4-8H2,1-3H3,(H,11,14)(H,15,16). The minimum Gasteiger partial charge on any atom is -0.481 e. The van der Waals surface area contributed by atoms with Crippen molar-refractivity contribution in [2.45, 2.75) is 19.8 Å². The third-order valence-corrected chi connectivity index (χ3v) is 4.25. The van der Waals surface area contributed by atoms with Gasteiger partial charge < -0.3 is 10.4 Å². The van der Waals surface area contributed by atoms with E-state index in [1.165, 1.54) is 14.1 Å². The van der Waals surface area contributed by atoms with Crippen LogP contribution >= 0.6 is 0 Å². The van der Waals surface area contributed by atoms with Crippen molar-refractivity contribution in [1.29, 1.82) is 0 Å². The van der Waals surface area contributed by atoms with E-state index in [2.05, 4.69) is 5.32 Å². The molecule has 0 heterocycles. The SMILES string of the molecule is CCCNC(=O)CN(C)S(=O)(=O)N(C)CCC(=O)O. The van der Waals surface area contributed by atoms with Gasteiger partial charge in [0.1, 0.15) is 0 Å². The molecule has 0 atom stereocenters. The molecule has 0 aromatic rings. The topological polar surface area (TPSA) is 107 Å². The van der Waals surface area contributed by atoms with Gasteiger partial charge in [0.25, 0.3) is 10.2 Å². The fraction of sp³-hybridized carbons (Fsp3) is 0.800. The number of carboxylic acids is 1. The highest BCUT2D eigenvalue weighted by Crippen LogP contribution is 2.04. The zero-order valence-electron chi connectivity index (χ0n) is 11.4. The van der Waals surface area contributed by atoms with Crippen LogP contribution in [-0.4, -0.2) is 67.7 Å². The smallest absolute Gasteiger partial charge is 0.304 e. The molecule has 0 fully saturated rings. The molecule has 8 nitrogen and oxygen atoms in total. The van der Waals surface area contributed by atoms with Gasteiger partial charge in [0.15, 0.2) is 0 Å². The van der Waals surface area contributed by atoms with Gasteiger partial charge in [-0.2, -0.15) is 17.0 Å². The highest BCUT2D eigenvalue weighted by molar-refractivity contribution is 7.86. The summed E-state index contributed by atoms with van der Waals surface area (Å²) in [5.74, 6) is -1.47. The zero-order valence-corrected chi connectivity index (χ0v) is 12.2. The summed E-state index contributed by atoms with van der Waals surface area (Å²) in [4.78, 5) is 21.8. The zero-order chi connectivity index (χ0) is 15.1. The monoisotopic (exact) mass is 295 g/mol. The Morgan fingerprint density at radius 2 is 1.79 bits per heavy atom. The summed E-state index contributed by atoms with van der Waals surface area (Å²) in [6, 6.07) is 0. The third kappa shape index (κ3) is 6.50. The summed E-state index contributed by atoms with van der Waals surface area (Å²) in [5.41, 5.74) is 0. The summed E-state index contributed by atoms with van der Waals surface area (Å²) in [7, 11) is -1.26. The van der Waals surface area contributed by atoms with Crippen LogP contribution in [0.3, 0.4) is 0 Å². The lowest BCUT2D eigenvalue weighted by Crippen LogP contribution is -2.45. The van der Waals surface area contributed by atoms with Crippen molar-refractivity contribution in [2.75, 3.05) is 33.7 Å². The van der Waals surface area contributed by atoms with Gasteiger partial charge in [0.2, 0.25) is 5.91 Å². The van der Waals surface area contributed by atoms with E-state index in [9.17, 15) is 18.0 Å². The van der Waals surface area contributed by atoms with Crippen molar-refractivity contribution in [2.24, 2.45) is 0 Å². The average molecular weight is 295 g/mol. The van der Waals surface area contributed by atoms with Crippen LogP contribution < -0.4 is 5.32 Å². The Kier molecular flexibility index (Phi) is 7.57. The maximum atomic E-state index is 11.9. The van der Waals surface area contributed by atoms with E-state index in [0.29, 0.717) is 6.54 Å². The number of rotatable bonds is 9. The maximum absolute atomic E-state index is 11.9. The molecule has 0 aliphatic rings. The number of carbonyl (C=O) groups excluding carboxylic acids is 1. The molecule has 0 bridgehead atoms. The summed E-state index contributed by atoms with van der Waals surface area (Å²) >= 11 is 0. The number of carboxylic acid groups (broad SMARTS) is 1. The van der Waals surface area contributed by atoms with Crippen molar-refractivity contribution in [1.82, 2.24) is 13.9 Å². The van der Waals surface area contributed by atoms with E-state index in [-0.39, 0.29) is 25.4 Å². The Labute approximate surface area is 113 Å². The maximum Gasteiger partial charge on any atom is 0.304 e. The summed E-state index contributed by atoms with van der Waals surface area (Å²) in [6.07, 6.45) is 0.478. The Bertz CT molecular complexity index is 409. The number of hydrogen-bond donors (Lipinski definition) is 2. The Hall–Kier alpha value is -1.19. The molecule has 0 aromatic heterocycles. The van der Waals surface area contributed by atoms with Crippen molar-refractivity contribution in [3.8, 4) is 0 Å². The van der Waals surface area contributed by atoms with E-state index in [1.54, 1.807) is 0 Å². The molecular weight excluding hydrogens is 274 g/mol. The van der Waals surface area contributed by atoms with E-state index < -0.39 is 16.2 Å². The van der Waals surface area contributed by atoms with Crippen LogP contribution in [0.5, 0.6) is 0 Å². The van der Waals surface area contributed by atoms with Crippen LogP contribution in [0.25, 0.3) is 0 Å². The molecule has 0 aliphatic heterocycles. The summed E-state index contributed by atoms with van der Waals surface area (Å²) in [6.45, 7) is 1.94. The van der Waals surface area contributed by atoms with Crippen LogP contribution in [0, 0.1) is 0 Å². The Balaban J connectivity index is 4.45. The number of amides is 1. The van der Waals surface area contributed by atoms with Crippen molar-refractivity contribution in [3.63, 3.8) is 0 Å². The molecule has 0 spiro atoms. The van der Waals surface area contributed by atoms with Gasteiger partial charge in [-0.25, -0.2) is 0 Å². The number of carbonyl (C=O) groups is 2. The highest BCUT2D eigenvalue weighted by Gasteiger charge is 2.25. The van der Waals surface area contributed by atoms with Crippen LogP contribution in [0.4, 0.5) is 0 Å². The first kappa shape index (κ1) is 17.8. The third-order valence-electron chi connectivity index (χ3n) is 2.37. The van der Waals surface area contributed by atoms with E-state index in [1.807, 2.05) is 6.92 Å². The highest BCUT2D eigenvalue weighted by atomic mass is 32.2. The Morgan fingerprint density at radius 3 is 2.26 bits per heavy atom. The summed E-state index contributed by atoms with van der Waals surface area (Å²) < 4.78 is 25.7. The second-order valence-corrected chi connectivity index (χ2v) is 6.22. The molecule has 0 radical (unpaired) electrons. The first-order valence-electron chi connectivity index (χ1n) is 5.87. The lowest BCUT2D eigenvalue weighted by Gasteiger charge is -2.23. The minimum absolute atomic E-state index is 0.140. The molecular formula is C10H21N3O5S. The number of hydrogen-bond acceptors (Lipinski definition) is 4. The normalized spacial score (nSPS) is 11.8. The Morgan fingerprint density at radius 1 is 1.21 bits per heavy atom. The summed E-state index contributed by atoms with van der Waals surface area (Å²) in [5, 5.41) is 11.1. The number of nitrogens with zero attached hydrogens (tertiary/aromatic N) is 2. The van der Waals surface area contributed by atoms with Gasteiger partial charge in [0.05, 0.1) is 13.0 Å². The van der Waals surface area contributed by atoms with Crippen molar-refractivity contribution >= 4 is 22.1 Å². The van der Waals surface area contributed by atoms with E-state index in [0.717, 1.165) is 15.0 Å². The van der Waals surface area contributed by atoms with Gasteiger partial charge in [-0.3, -0.25) is 9.59 Å². The quantitative estimate of drug-likeness (QED) is 0.573. The first-order chi connectivity index (χ1) is 8.71. The molecule has 0 aliphatic carbocycles. The molecule has 0 saturated heterocycles. The van der Waals surface area contributed by atoms with Crippen LogP contribution in [0.15, 0.2) is 0 Å². The second kappa shape index (κ2) is 8.08. The van der Waals surface area contributed by atoms with Gasteiger partial charge in [-0.05, 0) is 6.42 Å². The number of likely N-dealkylation sites (N-methyl/N-ethyl adjacent to an activating group) is 1. The van der Waals surface area contributed by atoms with Gasteiger partial charge in [-0.1, -0.05) is 6.92 Å². The molecule has 0 saturated carbocycles. The van der Waals surface area contributed by atoms with E-state index in [4.69, 9.17) is 5.11 Å². The van der Waals surface area contributed by atoms with Crippen molar-refractivity contribution < 1.29 is 23.1 Å². The minimum atomic E-state index is -3.81. The molecule has 0 rings (SSSR count). The van der Waals surface area contributed by atoms with Crippen LogP contribution in [0.2, 0.25) is 0 Å².